The summed E-state index contributed by atoms with van der Waals surface area (Å²) in [5.41, 5.74) is 0.886. The molecule has 4 heterocycles. The van der Waals surface area contributed by atoms with Crippen LogP contribution in [0.3, 0.4) is 0 Å². The van der Waals surface area contributed by atoms with Crippen LogP contribution in [0.15, 0.2) is 71.5 Å². The van der Waals surface area contributed by atoms with Crippen LogP contribution in [0.4, 0.5) is 5.69 Å². The number of fused-ring (bicyclic) bond motifs is 8. The van der Waals surface area contributed by atoms with E-state index in [-0.39, 0.29) is 34.4 Å². The number of rotatable bonds is 3. The number of nitrogens with one attached hydrogen (secondary N) is 1. The van der Waals surface area contributed by atoms with Gasteiger partial charge in [-0.05, 0) is 48.7 Å². The molecule has 4 aromatic rings. The van der Waals surface area contributed by atoms with Gasteiger partial charge in [0.05, 0.1) is 39.1 Å². The normalized spacial score (nSPS) is 25.2. The molecule has 7 nitrogen and oxygen atoms in total. The Balaban J connectivity index is 1.52. The van der Waals surface area contributed by atoms with E-state index in [9.17, 15) is 14.4 Å². The SMILES string of the molecule is CC(C)C[C@@H]1N[C@]2(c3ccccc3-n3c2nc2ccccc2c3=O)[C@H]2C(=O)N(c3ccc(Cl)cc3Cl)C(=O)[C@@H]12. The second-order valence-electron chi connectivity index (χ2n) is 10.9. The number of hydrogen-bond donors (Lipinski definition) is 1. The minimum atomic E-state index is -1.18. The summed E-state index contributed by atoms with van der Waals surface area (Å²) in [7, 11) is 0. The maximum atomic E-state index is 14.5. The van der Waals surface area contributed by atoms with E-state index in [1.54, 1.807) is 28.8 Å². The summed E-state index contributed by atoms with van der Waals surface area (Å²) in [6.45, 7) is 4.17. The summed E-state index contributed by atoms with van der Waals surface area (Å²) in [5, 5.41) is 4.84. The van der Waals surface area contributed by atoms with Crippen molar-refractivity contribution in [1.82, 2.24) is 14.9 Å². The van der Waals surface area contributed by atoms with Crippen molar-refractivity contribution in [3.63, 3.8) is 0 Å². The molecule has 9 heteroatoms. The highest BCUT2D eigenvalue weighted by Crippen LogP contribution is 2.56. The van der Waals surface area contributed by atoms with Crippen LogP contribution in [0.1, 0.15) is 31.7 Å². The van der Waals surface area contributed by atoms with Crippen molar-refractivity contribution in [3.05, 3.63) is 98.5 Å². The van der Waals surface area contributed by atoms with E-state index in [0.29, 0.717) is 39.5 Å². The molecule has 3 aliphatic heterocycles. The van der Waals surface area contributed by atoms with E-state index in [0.717, 1.165) is 5.56 Å². The largest absolute Gasteiger partial charge is 0.297 e. The molecule has 1 N–H and O–H groups in total. The highest BCUT2D eigenvalue weighted by Gasteiger charge is 2.69. The van der Waals surface area contributed by atoms with Gasteiger partial charge in [-0.1, -0.05) is 67.4 Å². The number of halogens is 2. The first-order valence-corrected chi connectivity index (χ1v) is 13.7. The van der Waals surface area contributed by atoms with Gasteiger partial charge in [-0.15, -0.1) is 0 Å². The molecule has 0 radical (unpaired) electrons. The maximum absolute atomic E-state index is 14.5. The quantitative estimate of drug-likeness (QED) is 0.355. The number of hydrogen-bond acceptors (Lipinski definition) is 5. The lowest BCUT2D eigenvalue weighted by atomic mass is 9.75. The van der Waals surface area contributed by atoms with Gasteiger partial charge in [-0.3, -0.25) is 24.3 Å². The average Bonchev–Trinajstić information content (AvgIpc) is 3.47. The minimum Gasteiger partial charge on any atom is -0.297 e. The summed E-state index contributed by atoms with van der Waals surface area (Å²) < 4.78 is 1.61. The minimum absolute atomic E-state index is 0.208. The third-order valence-electron chi connectivity index (χ3n) is 8.24. The Labute approximate surface area is 234 Å². The van der Waals surface area contributed by atoms with E-state index >= 15 is 0 Å². The van der Waals surface area contributed by atoms with Gasteiger partial charge in [0.25, 0.3) is 5.56 Å². The predicted octanol–water partition coefficient (Wildman–Crippen LogP) is 5.07. The fourth-order valence-corrected chi connectivity index (χ4v) is 7.32. The first-order valence-electron chi connectivity index (χ1n) is 13.0. The molecule has 0 saturated carbocycles. The number of aromatic nitrogens is 2. The summed E-state index contributed by atoms with van der Waals surface area (Å²) >= 11 is 12.6. The molecule has 4 atom stereocenters. The van der Waals surface area contributed by atoms with E-state index in [4.69, 9.17) is 28.2 Å². The number of benzene rings is 3. The molecule has 196 valence electrons. The average molecular weight is 559 g/mol. The van der Waals surface area contributed by atoms with Crippen LogP contribution < -0.4 is 15.8 Å². The number of nitrogens with zero attached hydrogens (tertiary/aromatic N) is 3. The van der Waals surface area contributed by atoms with Gasteiger partial charge >= 0.3 is 0 Å². The Morgan fingerprint density at radius 2 is 1.69 bits per heavy atom. The summed E-state index contributed by atoms with van der Waals surface area (Å²) in [6.07, 6.45) is 0.657. The van der Waals surface area contributed by atoms with Crippen molar-refractivity contribution < 1.29 is 9.59 Å². The van der Waals surface area contributed by atoms with Gasteiger partial charge < -0.3 is 0 Å². The zero-order valence-electron chi connectivity index (χ0n) is 21.2. The number of anilines is 1. The van der Waals surface area contributed by atoms with Crippen molar-refractivity contribution >= 4 is 51.6 Å². The highest BCUT2D eigenvalue weighted by molar-refractivity contribution is 6.38. The molecule has 0 bridgehead atoms. The maximum Gasteiger partial charge on any atom is 0.266 e. The zero-order valence-corrected chi connectivity index (χ0v) is 22.7. The van der Waals surface area contributed by atoms with E-state index in [1.165, 1.54) is 11.0 Å². The molecule has 39 heavy (non-hydrogen) atoms. The van der Waals surface area contributed by atoms with Gasteiger partial charge in [0.1, 0.15) is 11.4 Å². The van der Waals surface area contributed by atoms with Gasteiger partial charge in [-0.2, -0.15) is 0 Å². The predicted molar refractivity (Wildman–Crippen MR) is 150 cm³/mol. The second-order valence-corrected chi connectivity index (χ2v) is 11.8. The Morgan fingerprint density at radius 3 is 2.46 bits per heavy atom. The van der Waals surface area contributed by atoms with Crippen LogP contribution in [-0.2, 0) is 15.1 Å². The molecule has 1 spiro atoms. The Kier molecular flexibility index (Phi) is 5.34. The monoisotopic (exact) mass is 558 g/mol. The summed E-state index contributed by atoms with van der Waals surface area (Å²) in [6, 6.07) is 19.2. The number of para-hydroxylation sites is 2. The number of carbonyl (C=O) groups is 2. The number of imide groups is 1. The molecule has 2 saturated heterocycles. The van der Waals surface area contributed by atoms with Gasteiger partial charge in [0.2, 0.25) is 11.8 Å². The van der Waals surface area contributed by atoms with E-state index < -0.39 is 17.4 Å². The van der Waals surface area contributed by atoms with Crippen LogP contribution >= 0.6 is 23.2 Å². The van der Waals surface area contributed by atoms with E-state index in [1.807, 2.05) is 36.4 Å². The smallest absolute Gasteiger partial charge is 0.266 e. The molecule has 3 aliphatic rings. The van der Waals surface area contributed by atoms with Gasteiger partial charge in [0.15, 0.2) is 0 Å². The van der Waals surface area contributed by atoms with Crippen LogP contribution in [0.2, 0.25) is 10.0 Å². The van der Waals surface area contributed by atoms with Crippen LogP contribution in [-0.4, -0.2) is 27.4 Å². The van der Waals surface area contributed by atoms with Gasteiger partial charge in [0, 0.05) is 16.6 Å². The highest BCUT2D eigenvalue weighted by atomic mass is 35.5. The number of amides is 2. The fraction of sp³-hybridized carbons (Fsp3) is 0.267. The first kappa shape index (κ1) is 24.5. The second kappa shape index (κ2) is 8.49. The molecule has 2 fully saturated rings. The molecule has 1 aromatic heterocycles. The molecule has 0 aliphatic carbocycles. The Hall–Kier alpha value is -3.52. The van der Waals surface area contributed by atoms with Crippen molar-refractivity contribution in [2.75, 3.05) is 4.90 Å². The van der Waals surface area contributed by atoms with Crippen molar-refractivity contribution in [1.29, 1.82) is 0 Å². The van der Waals surface area contributed by atoms with Crippen molar-refractivity contribution in [2.45, 2.75) is 31.8 Å². The standard InChI is InChI=1S/C30H24Cl2N4O3/c1-15(2)13-21-24-25(28(39)35(27(24)38)23-12-11-16(31)14-19(23)32)30(34-21)18-8-4-6-10-22(18)36-26(37)17-7-3-5-9-20(17)33-29(30)36/h3-12,14-15,21,24-25,34H,13H2,1-2H3/t21-,24-,25+,30+/m0/s1. The Morgan fingerprint density at radius 1 is 0.949 bits per heavy atom. The van der Waals surface area contributed by atoms with Crippen molar-refractivity contribution in [2.24, 2.45) is 17.8 Å². The molecular weight excluding hydrogens is 535 g/mol. The molecule has 2 amide bonds. The van der Waals surface area contributed by atoms with Crippen LogP contribution in [0, 0.1) is 17.8 Å². The summed E-state index contributed by atoms with van der Waals surface area (Å²) in [5.74, 6) is -1.52. The van der Waals surface area contributed by atoms with Gasteiger partial charge in [-0.25, -0.2) is 9.88 Å². The number of carbonyl (C=O) groups excluding carboxylic acids is 2. The topological polar surface area (TPSA) is 84.3 Å². The van der Waals surface area contributed by atoms with E-state index in [2.05, 4.69) is 19.2 Å². The molecular formula is C30H24Cl2N4O3. The van der Waals surface area contributed by atoms with Crippen molar-refractivity contribution in [3.8, 4) is 5.69 Å². The third-order valence-corrected chi connectivity index (χ3v) is 8.78. The zero-order chi connectivity index (χ0) is 27.2. The molecule has 0 unspecified atom stereocenters. The Bertz CT molecular complexity index is 1780. The third kappa shape index (κ3) is 3.21. The lowest BCUT2D eigenvalue weighted by Crippen LogP contribution is -2.50. The lowest BCUT2D eigenvalue weighted by Gasteiger charge is -2.32. The molecule has 7 rings (SSSR count). The first-order chi connectivity index (χ1) is 18.7. The summed E-state index contributed by atoms with van der Waals surface area (Å²) in [4.78, 5) is 48.7. The lowest BCUT2D eigenvalue weighted by molar-refractivity contribution is -0.123. The molecule has 3 aromatic carbocycles. The van der Waals surface area contributed by atoms with Crippen LogP contribution in [0.25, 0.3) is 16.6 Å². The van der Waals surface area contributed by atoms with Crippen LogP contribution in [0.5, 0.6) is 0 Å². The fourth-order valence-electron chi connectivity index (χ4n) is 6.83.